The number of aryl methyl sites for hydroxylation is 1. The van der Waals surface area contributed by atoms with E-state index in [1.165, 1.54) is 35.2 Å². The van der Waals surface area contributed by atoms with E-state index in [0.29, 0.717) is 23.9 Å². The maximum Gasteiger partial charge on any atom is 0.274 e. The molecule has 0 atom stereocenters. The molecule has 4 aromatic rings. The summed E-state index contributed by atoms with van der Waals surface area (Å²) in [6.07, 6.45) is 2.82. The molecule has 3 N–H and O–H groups in total. The lowest BCUT2D eigenvalue weighted by Crippen LogP contribution is -2.16. The van der Waals surface area contributed by atoms with Gasteiger partial charge in [0.2, 0.25) is 0 Å². The monoisotopic (exact) mass is 389 g/mol. The Labute approximate surface area is 167 Å². The minimum Gasteiger partial charge on any atom is -0.370 e. The van der Waals surface area contributed by atoms with Crippen molar-refractivity contribution < 1.29 is 9.18 Å². The van der Waals surface area contributed by atoms with Gasteiger partial charge in [-0.1, -0.05) is 18.2 Å². The zero-order chi connectivity index (χ0) is 20.2. The molecule has 0 radical (unpaired) electrons. The van der Waals surface area contributed by atoms with Crippen LogP contribution in [0.3, 0.4) is 0 Å². The highest BCUT2D eigenvalue weighted by Gasteiger charge is 2.11. The van der Waals surface area contributed by atoms with E-state index in [9.17, 15) is 9.18 Å². The highest BCUT2D eigenvalue weighted by molar-refractivity contribution is 6.03. The molecule has 0 spiro atoms. The lowest BCUT2D eigenvalue weighted by molar-refractivity contribution is 0.102. The summed E-state index contributed by atoms with van der Waals surface area (Å²) in [7, 11) is 0. The third-order valence-electron chi connectivity index (χ3n) is 4.55. The molecule has 6 nitrogen and oxygen atoms in total. The van der Waals surface area contributed by atoms with Gasteiger partial charge in [-0.15, -0.1) is 0 Å². The van der Waals surface area contributed by atoms with Crippen LogP contribution in [0.25, 0.3) is 10.9 Å². The van der Waals surface area contributed by atoms with E-state index in [2.05, 4.69) is 31.7 Å². The first-order chi connectivity index (χ1) is 14.1. The molecule has 2 aromatic heterocycles. The Kier molecular flexibility index (Phi) is 5.20. The standard InChI is InChI=1S/C22H20FN5O/c1-14-26-20(22(29)28-17-8-6-16(23)7-9-17)12-21(27-14)24-11-10-15-13-25-19-5-3-2-4-18(15)19/h2-9,12-13,25H,10-11H2,1H3,(H,28,29)(H,24,26,27). The first-order valence-electron chi connectivity index (χ1n) is 9.30. The number of hydrogen-bond donors (Lipinski definition) is 3. The Hall–Kier alpha value is -3.74. The molecule has 0 aliphatic carbocycles. The summed E-state index contributed by atoms with van der Waals surface area (Å²) in [5.74, 6) is 0.345. The third-order valence-corrected chi connectivity index (χ3v) is 4.55. The van der Waals surface area contributed by atoms with Crippen LogP contribution in [-0.2, 0) is 6.42 Å². The van der Waals surface area contributed by atoms with Crippen LogP contribution in [0.5, 0.6) is 0 Å². The minimum atomic E-state index is -0.373. The number of amides is 1. The first-order valence-corrected chi connectivity index (χ1v) is 9.30. The fourth-order valence-corrected chi connectivity index (χ4v) is 3.17. The van der Waals surface area contributed by atoms with Crippen molar-refractivity contribution in [2.45, 2.75) is 13.3 Å². The molecule has 0 unspecified atom stereocenters. The first kappa shape index (κ1) is 18.6. The molecule has 2 aromatic carbocycles. The van der Waals surface area contributed by atoms with Crippen LogP contribution in [0.2, 0.25) is 0 Å². The van der Waals surface area contributed by atoms with Crippen LogP contribution in [0, 0.1) is 12.7 Å². The number of nitrogens with zero attached hydrogens (tertiary/aromatic N) is 2. The largest absolute Gasteiger partial charge is 0.370 e. The molecule has 7 heteroatoms. The van der Waals surface area contributed by atoms with E-state index in [1.807, 2.05) is 24.4 Å². The van der Waals surface area contributed by atoms with E-state index in [0.717, 1.165) is 11.9 Å². The lowest BCUT2D eigenvalue weighted by atomic mass is 10.1. The van der Waals surface area contributed by atoms with Crippen LogP contribution in [-0.4, -0.2) is 27.4 Å². The van der Waals surface area contributed by atoms with Gasteiger partial charge in [0.05, 0.1) is 0 Å². The lowest BCUT2D eigenvalue weighted by Gasteiger charge is -2.09. The van der Waals surface area contributed by atoms with E-state index < -0.39 is 0 Å². The highest BCUT2D eigenvalue weighted by atomic mass is 19.1. The molecule has 29 heavy (non-hydrogen) atoms. The average Bonchev–Trinajstić information content (AvgIpc) is 3.12. The number of rotatable bonds is 6. The summed E-state index contributed by atoms with van der Waals surface area (Å²) in [5.41, 5.74) is 3.08. The molecule has 2 heterocycles. The maximum absolute atomic E-state index is 13.0. The normalized spacial score (nSPS) is 10.8. The van der Waals surface area contributed by atoms with Gasteiger partial charge in [-0.3, -0.25) is 4.79 Å². The molecule has 1 amide bonds. The van der Waals surface area contributed by atoms with Crippen molar-refractivity contribution in [2.24, 2.45) is 0 Å². The van der Waals surface area contributed by atoms with Crippen LogP contribution >= 0.6 is 0 Å². The number of aromatic nitrogens is 3. The number of hydrogen-bond acceptors (Lipinski definition) is 4. The fourth-order valence-electron chi connectivity index (χ4n) is 3.17. The number of carbonyl (C=O) groups excluding carboxylic acids is 1. The zero-order valence-electron chi connectivity index (χ0n) is 15.9. The Bertz CT molecular complexity index is 1150. The number of benzene rings is 2. The highest BCUT2D eigenvalue weighted by Crippen LogP contribution is 2.18. The summed E-state index contributed by atoms with van der Waals surface area (Å²) < 4.78 is 13.0. The number of para-hydroxylation sites is 1. The van der Waals surface area contributed by atoms with Crippen LogP contribution < -0.4 is 10.6 Å². The van der Waals surface area contributed by atoms with Crippen molar-refractivity contribution >= 4 is 28.3 Å². The predicted molar refractivity (Wildman–Crippen MR) is 112 cm³/mol. The third kappa shape index (κ3) is 4.40. The van der Waals surface area contributed by atoms with Gasteiger partial charge in [-0.05, 0) is 49.2 Å². The minimum absolute atomic E-state index is 0.247. The second-order valence-corrected chi connectivity index (χ2v) is 6.68. The molecule has 0 saturated heterocycles. The number of nitrogens with one attached hydrogen (secondary N) is 3. The van der Waals surface area contributed by atoms with Gasteiger partial charge in [0, 0.05) is 35.4 Å². The smallest absolute Gasteiger partial charge is 0.274 e. The van der Waals surface area contributed by atoms with Crippen molar-refractivity contribution in [3.8, 4) is 0 Å². The second kappa shape index (κ2) is 8.10. The second-order valence-electron chi connectivity index (χ2n) is 6.68. The van der Waals surface area contributed by atoms with Gasteiger partial charge < -0.3 is 15.6 Å². The number of fused-ring (bicyclic) bond motifs is 1. The molecular formula is C22H20FN5O. The van der Waals surface area contributed by atoms with E-state index in [4.69, 9.17) is 0 Å². The summed E-state index contributed by atoms with van der Waals surface area (Å²) >= 11 is 0. The SMILES string of the molecule is Cc1nc(NCCc2c[nH]c3ccccc23)cc(C(=O)Nc2ccc(F)cc2)n1. The van der Waals surface area contributed by atoms with Crippen molar-refractivity contribution in [3.05, 3.63) is 83.7 Å². The van der Waals surface area contributed by atoms with Crippen LogP contribution in [0.4, 0.5) is 15.9 Å². The van der Waals surface area contributed by atoms with Gasteiger partial charge in [0.15, 0.2) is 0 Å². The van der Waals surface area contributed by atoms with Crippen molar-refractivity contribution in [2.75, 3.05) is 17.2 Å². The Morgan fingerprint density at radius 2 is 1.90 bits per heavy atom. The topological polar surface area (TPSA) is 82.7 Å². The Balaban J connectivity index is 1.42. The molecule has 0 fully saturated rings. The van der Waals surface area contributed by atoms with Crippen molar-refractivity contribution in [1.29, 1.82) is 0 Å². The molecule has 146 valence electrons. The summed E-state index contributed by atoms with van der Waals surface area (Å²) in [5, 5.41) is 7.17. The van der Waals surface area contributed by atoms with Gasteiger partial charge in [0.25, 0.3) is 5.91 Å². The Morgan fingerprint density at radius 1 is 1.10 bits per heavy atom. The van der Waals surface area contributed by atoms with Crippen LogP contribution in [0.15, 0.2) is 60.8 Å². The molecule has 0 saturated carbocycles. The molecule has 0 aliphatic rings. The van der Waals surface area contributed by atoms with Gasteiger partial charge in [0.1, 0.15) is 23.2 Å². The van der Waals surface area contributed by atoms with Gasteiger partial charge in [-0.2, -0.15) is 0 Å². The summed E-state index contributed by atoms with van der Waals surface area (Å²) in [4.78, 5) is 24.3. The fraction of sp³-hybridized carbons (Fsp3) is 0.136. The Morgan fingerprint density at radius 3 is 2.72 bits per heavy atom. The number of carbonyl (C=O) groups is 1. The number of anilines is 2. The van der Waals surface area contributed by atoms with Gasteiger partial charge >= 0.3 is 0 Å². The van der Waals surface area contributed by atoms with E-state index in [-0.39, 0.29) is 17.4 Å². The number of halogens is 1. The molecule has 4 rings (SSSR count). The van der Waals surface area contributed by atoms with Crippen molar-refractivity contribution in [1.82, 2.24) is 15.0 Å². The number of aromatic amines is 1. The van der Waals surface area contributed by atoms with Crippen molar-refractivity contribution in [3.63, 3.8) is 0 Å². The summed E-state index contributed by atoms with van der Waals surface area (Å²) in [6.45, 7) is 2.40. The number of H-pyrrole nitrogens is 1. The maximum atomic E-state index is 13.0. The average molecular weight is 389 g/mol. The molecule has 0 bridgehead atoms. The molecular weight excluding hydrogens is 369 g/mol. The van der Waals surface area contributed by atoms with E-state index >= 15 is 0 Å². The van der Waals surface area contributed by atoms with Crippen LogP contribution in [0.1, 0.15) is 21.9 Å². The quantitative estimate of drug-likeness (QED) is 0.459. The van der Waals surface area contributed by atoms with Gasteiger partial charge in [-0.25, -0.2) is 14.4 Å². The predicted octanol–water partition coefficient (Wildman–Crippen LogP) is 4.31. The zero-order valence-corrected chi connectivity index (χ0v) is 15.9. The summed E-state index contributed by atoms with van der Waals surface area (Å²) in [6, 6.07) is 15.4. The molecule has 0 aliphatic heterocycles. The van der Waals surface area contributed by atoms with E-state index in [1.54, 1.807) is 13.0 Å².